The molecule has 2 atom stereocenters. The van der Waals surface area contributed by atoms with Gasteiger partial charge in [-0.3, -0.25) is 9.59 Å². The number of nitrogens with zero attached hydrogens (tertiary/aromatic N) is 1. The predicted molar refractivity (Wildman–Crippen MR) is 136 cm³/mol. The first-order valence-corrected chi connectivity index (χ1v) is 12.2. The number of thioether (sulfide) groups is 1. The summed E-state index contributed by atoms with van der Waals surface area (Å²) in [5, 5.41) is 3.06. The summed E-state index contributed by atoms with van der Waals surface area (Å²) in [4.78, 5) is 29.5. The van der Waals surface area contributed by atoms with Crippen molar-refractivity contribution in [3.8, 4) is 0 Å². The quantitative estimate of drug-likeness (QED) is 0.478. The predicted octanol–water partition coefficient (Wildman–Crippen LogP) is 5.92. The van der Waals surface area contributed by atoms with Crippen LogP contribution in [0.3, 0.4) is 0 Å². The molecule has 1 N–H and O–H groups in total. The monoisotopic (exact) mass is 478 g/mol. The molecule has 0 saturated heterocycles. The number of hydrogen-bond donors (Lipinski definition) is 1. The van der Waals surface area contributed by atoms with Crippen LogP contribution < -0.4 is 10.2 Å². The highest BCUT2D eigenvalue weighted by Crippen LogP contribution is 2.42. The Morgan fingerprint density at radius 3 is 2.58 bits per heavy atom. The van der Waals surface area contributed by atoms with Crippen LogP contribution in [-0.2, 0) is 22.7 Å². The molecule has 0 bridgehead atoms. The van der Waals surface area contributed by atoms with Gasteiger partial charge < -0.3 is 10.2 Å². The number of para-hydroxylation sites is 1. The molecule has 2 amide bonds. The summed E-state index contributed by atoms with van der Waals surface area (Å²) in [6.07, 6.45) is 0. The highest BCUT2D eigenvalue weighted by Gasteiger charge is 2.39. The number of rotatable bonds is 6. The number of aryl methyl sites for hydroxylation is 2. The first-order chi connectivity index (χ1) is 15.8. The molecule has 0 aliphatic carbocycles. The van der Waals surface area contributed by atoms with Gasteiger partial charge in [0.15, 0.2) is 0 Å². The zero-order valence-electron chi connectivity index (χ0n) is 19.0. The third-order valence-corrected chi connectivity index (χ3v) is 7.86. The first-order valence-electron chi connectivity index (χ1n) is 11.0. The zero-order valence-corrected chi connectivity index (χ0v) is 20.5. The van der Waals surface area contributed by atoms with Gasteiger partial charge in [-0.05, 0) is 48.7 Å². The molecule has 0 saturated carbocycles. The minimum Gasteiger partial charge on any atom is -0.352 e. The average Bonchev–Trinajstić information content (AvgIpc) is 2.81. The lowest BCUT2D eigenvalue weighted by atomic mass is 10.0. The molecule has 6 heteroatoms. The molecule has 0 radical (unpaired) electrons. The van der Waals surface area contributed by atoms with Crippen molar-refractivity contribution in [3.05, 3.63) is 94.0 Å². The lowest BCUT2D eigenvalue weighted by Gasteiger charge is -2.36. The number of fused-ring (bicyclic) bond motifs is 1. The van der Waals surface area contributed by atoms with Crippen LogP contribution in [0.2, 0.25) is 5.02 Å². The zero-order chi connectivity index (χ0) is 23.5. The van der Waals surface area contributed by atoms with Crippen molar-refractivity contribution in [1.29, 1.82) is 0 Å². The maximum absolute atomic E-state index is 13.7. The van der Waals surface area contributed by atoms with Crippen molar-refractivity contribution in [2.45, 2.75) is 44.0 Å². The van der Waals surface area contributed by atoms with E-state index >= 15 is 0 Å². The largest absolute Gasteiger partial charge is 0.352 e. The maximum Gasteiger partial charge on any atom is 0.241 e. The summed E-state index contributed by atoms with van der Waals surface area (Å²) in [6.45, 7) is 6.75. The van der Waals surface area contributed by atoms with Gasteiger partial charge in [0.05, 0.1) is 18.2 Å². The molecule has 3 aromatic rings. The molecular formula is C27H27ClN2O2S. The van der Waals surface area contributed by atoms with Gasteiger partial charge in [-0.2, -0.15) is 0 Å². The number of carbonyl (C=O) groups excluding carboxylic acids is 2. The van der Waals surface area contributed by atoms with E-state index in [1.165, 1.54) is 11.8 Å². The molecule has 170 valence electrons. The number of nitrogens with one attached hydrogen (secondary N) is 1. The van der Waals surface area contributed by atoms with Gasteiger partial charge in [0.25, 0.3) is 0 Å². The molecule has 33 heavy (non-hydrogen) atoms. The van der Waals surface area contributed by atoms with Gasteiger partial charge in [0, 0.05) is 16.5 Å². The van der Waals surface area contributed by atoms with Crippen molar-refractivity contribution in [2.75, 3.05) is 4.90 Å². The average molecular weight is 479 g/mol. The molecule has 3 aromatic carbocycles. The van der Waals surface area contributed by atoms with Crippen LogP contribution in [0.5, 0.6) is 0 Å². The molecule has 4 nitrogen and oxygen atoms in total. The molecule has 0 fully saturated rings. The lowest BCUT2D eigenvalue weighted by Crippen LogP contribution is -2.47. The second-order valence-electron chi connectivity index (χ2n) is 8.46. The molecule has 0 aromatic heterocycles. The Hall–Kier alpha value is -2.76. The van der Waals surface area contributed by atoms with Crippen molar-refractivity contribution in [1.82, 2.24) is 5.32 Å². The number of carbonyl (C=O) groups is 2. The van der Waals surface area contributed by atoms with Crippen LogP contribution in [0.1, 0.15) is 29.2 Å². The van der Waals surface area contributed by atoms with Crippen molar-refractivity contribution >= 4 is 40.9 Å². The first kappa shape index (κ1) is 23.4. The van der Waals surface area contributed by atoms with Crippen LogP contribution in [0.15, 0.2) is 71.6 Å². The Labute approximate surface area is 204 Å². The highest BCUT2D eigenvalue weighted by atomic mass is 35.5. The van der Waals surface area contributed by atoms with E-state index < -0.39 is 11.2 Å². The van der Waals surface area contributed by atoms with Crippen LogP contribution in [0.25, 0.3) is 0 Å². The van der Waals surface area contributed by atoms with Crippen LogP contribution in [0, 0.1) is 19.8 Å². The fourth-order valence-corrected chi connectivity index (χ4v) is 5.47. The number of amides is 2. The Morgan fingerprint density at radius 2 is 1.79 bits per heavy atom. The maximum atomic E-state index is 13.7. The van der Waals surface area contributed by atoms with Gasteiger partial charge in [-0.25, -0.2) is 0 Å². The molecule has 1 heterocycles. The second-order valence-corrected chi connectivity index (χ2v) is 10.0. The van der Waals surface area contributed by atoms with Gasteiger partial charge in [0.2, 0.25) is 11.8 Å². The Kier molecular flexibility index (Phi) is 7.11. The van der Waals surface area contributed by atoms with Gasteiger partial charge in [-0.1, -0.05) is 72.6 Å². The molecule has 4 rings (SSSR count). The topological polar surface area (TPSA) is 49.4 Å². The Bertz CT molecular complexity index is 1200. The molecular weight excluding hydrogens is 452 g/mol. The van der Waals surface area contributed by atoms with Gasteiger partial charge >= 0.3 is 0 Å². The van der Waals surface area contributed by atoms with Crippen molar-refractivity contribution in [2.24, 2.45) is 5.92 Å². The van der Waals surface area contributed by atoms with Crippen LogP contribution in [0.4, 0.5) is 5.69 Å². The molecule has 0 spiro atoms. The second kappa shape index (κ2) is 10.0. The fourth-order valence-electron chi connectivity index (χ4n) is 3.98. The fraction of sp³-hybridized carbons (Fsp3) is 0.259. The number of benzene rings is 3. The van der Waals surface area contributed by atoms with E-state index in [9.17, 15) is 9.59 Å². The Morgan fingerprint density at radius 1 is 1.06 bits per heavy atom. The smallest absolute Gasteiger partial charge is 0.241 e. The standard InChI is InChI=1S/C27H27ClN2O2S/c1-17-12-13-18(2)21(14-17)16-30-23-10-6-7-11-24(23)33-25(27(30)32)19(3)26(31)29-15-20-8-4-5-9-22(20)28/h4-14,19,25H,15-16H2,1-3H3,(H,29,31)/t19-,25+/m0/s1. The molecule has 1 aliphatic heterocycles. The van der Waals surface area contributed by atoms with E-state index in [0.717, 1.165) is 32.8 Å². The molecule has 0 unspecified atom stereocenters. The minimum atomic E-state index is -0.503. The van der Waals surface area contributed by atoms with Crippen molar-refractivity contribution < 1.29 is 9.59 Å². The minimum absolute atomic E-state index is 0.0417. The van der Waals surface area contributed by atoms with E-state index in [1.807, 2.05) is 54.3 Å². The van der Waals surface area contributed by atoms with E-state index in [0.29, 0.717) is 18.1 Å². The number of halogens is 1. The summed E-state index contributed by atoms with van der Waals surface area (Å²) in [6, 6.07) is 21.6. The Balaban J connectivity index is 1.56. The number of anilines is 1. The van der Waals surface area contributed by atoms with Crippen LogP contribution >= 0.6 is 23.4 Å². The molecule has 1 aliphatic rings. The third kappa shape index (κ3) is 5.10. The summed E-state index contributed by atoms with van der Waals surface area (Å²) in [7, 11) is 0. The SMILES string of the molecule is Cc1ccc(C)c(CN2C(=O)[C@@H]([C@H](C)C(=O)NCc3ccccc3Cl)Sc3ccccc32)c1. The van der Waals surface area contributed by atoms with E-state index in [2.05, 4.69) is 37.4 Å². The van der Waals surface area contributed by atoms with Gasteiger partial charge in [0.1, 0.15) is 5.25 Å². The van der Waals surface area contributed by atoms with E-state index in [-0.39, 0.29) is 11.8 Å². The highest BCUT2D eigenvalue weighted by molar-refractivity contribution is 8.01. The summed E-state index contributed by atoms with van der Waals surface area (Å²) in [5.41, 5.74) is 5.16. The summed E-state index contributed by atoms with van der Waals surface area (Å²) in [5.74, 6) is -0.703. The van der Waals surface area contributed by atoms with E-state index in [4.69, 9.17) is 11.6 Å². The summed E-state index contributed by atoms with van der Waals surface area (Å²) < 4.78 is 0. The van der Waals surface area contributed by atoms with E-state index in [1.54, 1.807) is 6.07 Å². The van der Waals surface area contributed by atoms with Gasteiger partial charge in [-0.15, -0.1) is 11.8 Å². The van der Waals surface area contributed by atoms with Crippen LogP contribution in [-0.4, -0.2) is 17.1 Å². The normalized spacial score (nSPS) is 16.3. The van der Waals surface area contributed by atoms with Crippen molar-refractivity contribution in [3.63, 3.8) is 0 Å². The lowest BCUT2D eigenvalue weighted by molar-refractivity contribution is -0.128. The number of hydrogen-bond acceptors (Lipinski definition) is 3. The summed E-state index contributed by atoms with van der Waals surface area (Å²) >= 11 is 7.69. The third-order valence-electron chi connectivity index (χ3n) is 6.03.